The summed E-state index contributed by atoms with van der Waals surface area (Å²) in [7, 11) is 0. The first kappa shape index (κ1) is 20.3. The number of carbonyl (C=O) groups excluding carboxylic acids is 1. The fourth-order valence-electron chi connectivity index (χ4n) is 3.80. The van der Waals surface area contributed by atoms with Gasteiger partial charge >= 0.3 is 0 Å². The molecule has 28 heavy (non-hydrogen) atoms. The minimum Gasteiger partial charge on any atom is -0.484 e. The number of likely N-dealkylation sites (tertiary alicyclic amines) is 1. The Morgan fingerprint density at radius 3 is 2.68 bits per heavy atom. The third-order valence-corrected chi connectivity index (χ3v) is 5.15. The van der Waals surface area contributed by atoms with E-state index in [0.717, 1.165) is 44.5 Å². The largest absolute Gasteiger partial charge is 0.484 e. The molecule has 0 unspecified atom stereocenters. The third-order valence-electron chi connectivity index (χ3n) is 5.15. The van der Waals surface area contributed by atoms with Crippen LogP contribution in [0.2, 0.25) is 0 Å². The molecule has 6 heteroatoms. The normalized spacial score (nSPS) is 17.4. The Labute approximate surface area is 164 Å². The summed E-state index contributed by atoms with van der Waals surface area (Å²) in [6, 6.07) is 11.7. The standard InChI is InChI=1S/C22H26F2N2O2/c23-20-7-2-8-21(24)19(20)10-9-16-5-3-11-26(13-16)14-17-4-1-6-18(12-17)28-15-22(25)27/h1-2,4,6-8,12,16H,3,5,9-11,13-15H2,(H2,25,27)/t16-/m0/s1. The molecule has 1 atom stereocenters. The van der Waals surface area contributed by atoms with Crippen molar-refractivity contribution in [2.24, 2.45) is 11.7 Å². The molecule has 1 amide bonds. The molecule has 2 N–H and O–H groups in total. The van der Waals surface area contributed by atoms with Crippen molar-refractivity contribution < 1.29 is 18.3 Å². The van der Waals surface area contributed by atoms with Crippen molar-refractivity contribution in [3.63, 3.8) is 0 Å². The number of nitrogens with two attached hydrogens (primary N) is 1. The molecule has 1 aliphatic rings. The highest BCUT2D eigenvalue weighted by Crippen LogP contribution is 2.25. The van der Waals surface area contributed by atoms with E-state index >= 15 is 0 Å². The summed E-state index contributed by atoms with van der Waals surface area (Å²) < 4.78 is 33.0. The van der Waals surface area contributed by atoms with Gasteiger partial charge in [-0.15, -0.1) is 0 Å². The number of carbonyl (C=O) groups is 1. The number of benzene rings is 2. The van der Waals surface area contributed by atoms with E-state index in [1.165, 1.54) is 18.2 Å². The van der Waals surface area contributed by atoms with Crippen LogP contribution in [0.15, 0.2) is 42.5 Å². The highest BCUT2D eigenvalue weighted by molar-refractivity contribution is 5.75. The second kappa shape index (κ2) is 9.64. The monoisotopic (exact) mass is 388 g/mol. The van der Waals surface area contributed by atoms with Crippen molar-refractivity contribution in [2.75, 3.05) is 19.7 Å². The number of rotatable bonds is 8. The van der Waals surface area contributed by atoms with Crippen molar-refractivity contribution in [2.45, 2.75) is 32.2 Å². The SMILES string of the molecule is NC(=O)COc1cccc(CN2CCC[C@@H](CCc3c(F)cccc3F)C2)c1. The zero-order valence-corrected chi connectivity index (χ0v) is 15.9. The van der Waals surface area contributed by atoms with Crippen LogP contribution in [0.25, 0.3) is 0 Å². The average molecular weight is 388 g/mol. The number of nitrogens with zero attached hydrogens (tertiary/aromatic N) is 1. The molecule has 1 aliphatic heterocycles. The molecule has 0 bridgehead atoms. The first-order chi connectivity index (χ1) is 13.5. The minimum atomic E-state index is -0.504. The van der Waals surface area contributed by atoms with Crippen LogP contribution in [-0.4, -0.2) is 30.5 Å². The highest BCUT2D eigenvalue weighted by Gasteiger charge is 2.21. The predicted molar refractivity (Wildman–Crippen MR) is 104 cm³/mol. The van der Waals surface area contributed by atoms with Crippen LogP contribution in [0, 0.1) is 17.6 Å². The Morgan fingerprint density at radius 1 is 1.18 bits per heavy atom. The summed E-state index contributed by atoms with van der Waals surface area (Å²) >= 11 is 0. The van der Waals surface area contributed by atoms with Gasteiger partial charge in [0.05, 0.1) is 0 Å². The van der Waals surface area contributed by atoms with Crippen molar-refractivity contribution >= 4 is 5.91 Å². The summed E-state index contributed by atoms with van der Waals surface area (Å²) in [5, 5.41) is 0. The van der Waals surface area contributed by atoms with Crippen LogP contribution in [-0.2, 0) is 17.8 Å². The van der Waals surface area contributed by atoms with Crippen LogP contribution in [0.4, 0.5) is 8.78 Å². The summed E-state index contributed by atoms with van der Waals surface area (Å²) in [6.45, 7) is 2.54. The summed E-state index contributed by atoms with van der Waals surface area (Å²) in [5.41, 5.74) is 6.41. The molecule has 0 aromatic heterocycles. The lowest BCUT2D eigenvalue weighted by Crippen LogP contribution is -2.35. The molecule has 2 aromatic rings. The van der Waals surface area contributed by atoms with Gasteiger partial charge < -0.3 is 10.5 Å². The van der Waals surface area contributed by atoms with Crippen LogP contribution in [0.5, 0.6) is 5.75 Å². The van der Waals surface area contributed by atoms with Crippen LogP contribution in [0.1, 0.15) is 30.4 Å². The molecule has 2 aromatic carbocycles. The van der Waals surface area contributed by atoms with E-state index in [1.54, 1.807) is 6.07 Å². The summed E-state index contributed by atoms with van der Waals surface area (Å²) in [5.74, 6) is -0.376. The number of halogens is 2. The lowest BCUT2D eigenvalue weighted by Gasteiger charge is -2.33. The zero-order valence-electron chi connectivity index (χ0n) is 15.9. The molecule has 0 saturated carbocycles. The fraction of sp³-hybridized carbons (Fsp3) is 0.409. The quantitative estimate of drug-likeness (QED) is 0.751. The van der Waals surface area contributed by atoms with E-state index in [-0.39, 0.29) is 12.2 Å². The molecule has 0 aliphatic carbocycles. The van der Waals surface area contributed by atoms with Gasteiger partial charge in [0.15, 0.2) is 6.61 Å². The first-order valence-corrected chi connectivity index (χ1v) is 9.66. The van der Waals surface area contributed by atoms with E-state index in [0.29, 0.717) is 18.1 Å². The number of ether oxygens (including phenoxy) is 1. The maximum atomic E-state index is 13.8. The Hall–Kier alpha value is -2.47. The number of hydrogen-bond donors (Lipinski definition) is 1. The van der Waals surface area contributed by atoms with Crippen molar-refractivity contribution in [3.05, 3.63) is 65.2 Å². The maximum Gasteiger partial charge on any atom is 0.255 e. The summed E-state index contributed by atoms with van der Waals surface area (Å²) in [4.78, 5) is 13.2. The molecule has 0 spiro atoms. The highest BCUT2D eigenvalue weighted by atomic mass is 19.1. The van der Waals surface area contributed by atoms with Gasteiger partial charge in [0.2, 0.25) is 0 Å². The van der Waals surface area contributed by atoms with Gasteiger partial charge in [0, 0.05) is 18.7 Å². The Bertz CT molecular complexity index is 793. The Morgan fingerprint density at radius 2 is 1.93 bits per heavy atom. The zero-order chi connectivity index (χ0) is 19.9. The van der Waals surface area contributed by atoms with Gasteiger partial charge in [0.25, 0.3) is 5.91 Å². The molecule has 3 rings (SSSR count). The maximum absolute atomic E-state index is 13.8. The minimum absolute atomic E-state index is 0.137. The lowest BCUT2D eigenvalue weighted by molar-refractivity contribution is -0.119. The van der Waals surface area contributed by atoms with E-state index in [4.69, 9.17) is 10.5 Å². The molecular weight excluding hydrogens is 362 g/mol. The van der Waals surface area contributed by atoms with E-state index < -0.39 is 17.5 Å². The van der Waals surface area contributed by atoms with Gasteiger partial charge in [0.1, 0.15) is 17.4 Å². The predicted octanol–water partition coefficient (Wildman–Crippen LogP) is 3.67. The van der Waals surface area contributed by atoms with Gasteiger partial charge in [-0.3, -0.25) is 9.69 Å². The topological polar surface area (TPSA) is 55.6 Å². The molecule has 1 fully saturated rings. The Balaban J connectivity index is 1.53. The molecule has 0 radical (unpaired) electrons. The molecule has 1 saturated heterocycles. The van der Waals surface area contributed by atoms with E-state index in [2.05, 4.69) is 4.90 Å². The first-order valence-electron chi connectivity index (χ1n) is 9.66. The fourth-order valence-corrected chi connectivity index (χ4v) is 3.80. The smallest absolute Gasteiger partial charge is 0.255 e. The second-order valence-electron chi connectivity index (χ2n) is 7.38. The van der Waals surface area contributed by atoms with E-state index in [1.807, 2.05) is 18.2 Å². The lowest BCUT2D eigenvalue weighted by atomic mass is 9.91. The van der Waals surface area contributed by atoms with Crippen LogP contribution >= 0.6 is 0 Å². The molecule has 150 valence electrons. The van der Waals surface area contributed by atoms with Crippen molar-refractivity contribution in [3.8, 4) is 5.75 Å². The van der Waals surface area contributed by atoms with Gasteiger partial charge in [-0.25, -0.2) is 8.78 Å². The number of piperidine rings is 1. The third kappa shape index (κ3) is 5.76. The van der Waals surface area contributed by atoms with Crippen LogP contribution < -0.4 is 10.5 Å². The number of primary amides is 1. The second-order valence-corrected chi connectivity index (χ2v) is 7.38. The van der Waals surface area contributed by atoms with Crippen LogP contribution in [0.3, 0.4) is 0 Å². The number of hydrogen-bond acceptors (Lipinski definition) is 3. The Kier molecular flexibility index (Phi) is 6.98. The molecular formula is C22H26F2N2O2. The van der Waals surface area contributed by atoms with Crippen molar-refractivity contribution in [1.82, 2.24) is 4.90 Å². The van der Waals surface area contributed by atoms with Crippen molar-refractivity contribution in [1.29, 1.82) is 0 Å². The van der Waals surface area contributed by atoms with Gasteiger partial charge in [-0.1, -0.05) is 18.2 Å². The molecule has 1 heterocycles. The number of amides is 1. The molecule has 4 nitrogen and oxygen atoms in total. The van der Waals surface area contributed by atoms with Gasteiger partial charge in [-0.2, -0.15) is 0 Å². The van der Waals surface area contributed by atoms with Gasteiger partial charge in [-0.05, 0) is 68.0 Å². The average Bonchev–Trinajstić information content (AvgIpc) is 2.67. The summed E-state index contributed by atoms with van der Waals surface area (Å²) in [6.07, 6.45) is 3.35. The van der Waals surface area contributed by atoms with E-state index in [9.17, 15) is 13.6 Å².